The van der Waals surface area contributed by atoms with Crippen LogP contribution in [0.1, 0.15) is 19.8 Å². The summed E-state index contributed by atoms with van der Waals surface area (Å²) in [7, 11) is -3.67. The topological polar surface area (TPSA) is 78.8 Å². The van der Waals surface area contributed by atoms with Gasteiger partial charge in [-0.25, -0.2) is 13.4 Å². The second-order valence-corrected chi connectivity index (χ2v) is 9.78. The van der Waals surface area contributed by atoms with Gasteiger partial charge in [0.2, 0.25) is 5.91 Å². The molecule has 2 saturated heterocycles. The molecule has 1 atom stereocenters. The summed E-state index contributed by atoms with van der Waals surface area (Å²) in [5.41, 5.74) is 1.17. The molecule has 2 fully saturated rings. The van der Waals surface area contributed by atoms with E-state index in [2.05, 4.69) is 22.0 Å². The number of para-hydroxylation sites is 1. The van der Waals surface area contributed by atoms with Crippen LogP contribution in [0.25, 0.3) is 0 Å². The Balaban J connectivity index is 1.38. The number of nitrogens with zero attached hydrogens (tertiary/aromatic N) is 5. The molecular weight excluding hydrogens is 402 g/mol. The molecule has 8 nitrogen and oxygen atoms in total. The van der Waals surface area contributed by atoms with E-state index in [1.807, 2.05) is 30.0 Å². The lowest BCUT2D eigenvalue weighted by molar-refractivity contribution is -0.137. The summed E-state index contributed by atoms with van der Waals surface area (Å²) < 4.78 is 29.1. The smallest absolute Gasteiger partial charge is 0.262 e. The molecule has 1 aromatic carbocycles. The van der Waals surface area contributed by atoms with Crippen LogP contribution < -0.4 is 4.90 Å². The van der Waals surface area contributed by atoms with E-state index < -0.39 is 10.0 Å². The van der Waals surface area contributed by atoms with Crippen LogP contribution in [0, 0.1) is 5.92 Å². The standard InChI is InChI=1S/C21H29N5O3S/c1-2-23-16-20(22-17-23)30(28,29)26-10-6-7-18(15-26)21(27)25-13-11-24(12-14-25)19-8-4-3-5-9-19/h3-5,8-9,16-18H,2,6-7,10-15H2,1H3/t18-/m0/s1. The summed E-state index contributed by atoms with van der Waals surface area (Å²) in [5, 5.41) is 0.0638. The number of amides is 1. The Morgan fingerprint density at radius 2 is 1.83 bits per heavy atom. The van der Waals surface area contributed by atoms with E-state index in [1.165, 1.54) is 16.3 Å². The van der Waals surface area contributed by atoms with Crippen LogP contribution in [-0.4, -0.2) is 72.3 Å². The molecule has 162 valence electrons. The van der Waals surface area contributed by atoms with Crippen LogP contribution in [0.3, 0.4) is 0 Å². The summed E-state index contributed by atoms with van der Waals surface area (Å²) in [6, 6.07) is 10.2. The Morgan fingerprint density at radius 3 is 2.50 bits per heavy atom. The fraction of sp³-hybridized carbons (Fsp3) is 0.524. The SMILES string of the molecule is CCn1cnc(S(=O)(=O)N2CCC[C@H](C(=O)N3CCN(c4ccccc4)CC3)C2)c1. The first-order valence-electron chi connectivity index (χ1n) is 10.6. The average Bonchev–Trinajstić information content (AvgIpc) is 3.30. The van der Waals surface area contributed by atoms with E-state index in [-0.39, 0.29) is 23.4 Å². The average molecular weight is 432 g/mol. The third-order valence-electron chi connectivity index (χ3n) is 6.02. The van der Waals surface area contributed by atoms with Crippen LogP contribution in [0.15, 0.2) is 47.9 Å². The molecule has 0 unspecified atom stereocenters. The Hall–Kier alpha value is -2.39. The minimum absolute atomic E-state index is 0.0638. The third-order valence-corrected chi connectivity index (χ3v) is 7.78. The number of rotatable bonds is 5. The first-order chi connectivity index (χ1) is 14.5. The minimum atomic E-state index is -3.67. The lowest BCUT2D eigenvalue weighted by atomic mass is 9.97. The van der Waals surface area contributed by atoms with Gasteiger partial charge in [-0.3, -0.25) is 4.79 Å². The predicted molar refractivity (Wildman–Crippen MR) is 115 cm³/mol. The summed E-state index contributed by atoms with van der Waals surface area (Å²) in [4.78, 5) is 21.4. The molecular formula is C21H29N5O3S. The second kappa shape index (κ2) is 8.77. The lowest BCUT2D eigenvalue weighted by Crippen LogP contribution is -2.53. The Kier molecular flexibility index (Phi) is 6.10. The van der Waals surface area contributed by atoms with Gasteiger partial charge in [0.15, 0.2) is 5.03 Å². The number of aromatic nitrogens is 2. The molecule has 2 aliphatic heterocycles. The predicted octanol–water partition coefficient (Wildman–Crippen LogP) is 1.65. The Labute approximate surface area is 178 Å². The van der Waals surface area contributed by atoms with Crippen molar-refractivity contribution in [2.24, 2.45) is 5.92 Å². The van der Waals surface area contributed by atoms with Crippen LogP contribution >= 0.6 is 0 Å². The highest BCUT2D eigenvalue weighted by atomic mass is 32.2. The van der Waals surface area contributed by atoms with Gasteiger partial charge < -0.3 is 14.4 Å². The highest BCUT2D eigenvalue weighted by Gasteiger charge is 2.36. The molecule has 9 heteroatoms. The fourth-order valence-corrected chi connectivity index (χ4v) is 5.68. The Bertz CT molecular complexity index is 968. The van der Waals surface area contributed by atoms with Gasteiger partial charge in [-0.05, 0) is 31.9 Å². The van der Waals surface area contributed by atoms with E-state index >= 15 is 0 Å². The molecule has 1 amide bonds. The van der Waals surface area contributed by atoms with Gasteiger partial charge in [0.25, 0.3) is 10.0 Å². The maximum Gasteiger partial charge on any atom is 0.262 e. The van der Waals surface area contributed by atoms with Gasteiger partial charge in [0, 0.05) is 57.7 Å². The normalized spacial score (nSPS) is 21.0. The minimum Gasteiger partial charge on any atom is -0.368 e. The van der Waals surface area contributed by atoms with E-state index in [4.69, 9.17) is 0 Å². The van der Waals surface area contributed by atoms with Crippen LogP contribution in [0.2, 0.25) is 0 Å². The van der Waals surface area contributed by atoms with Crippen molar-refractivity contribution in [1.29, 1.82) is 0 Å². The summed E-state index contributed by atoms with van der Waals surface area (Å²) >= 11 is 0. The number of sulfonamides is 1. The van der Waals surface area contributed by atoms with Gasteiger partial charge in [0.05, 0.1) is 12.2 Å². The Morgan fingerprint density at radius 1 is 1.10 bits per heavy atom. The fourth-order valence-electron chi connectivity index (χ4n) is 4.22. The number of aryl methyl sites for hydroxylation is 1. The highest BCUT2D eigenvalue weighted by molar-refractivity contribution is 7.89. The lowest BCUT2D eigenvalue weighted by Gasteiger charge is -2.39. The van der Waals surface area contributed by atoms with Gasteiger partial charge in [-0.2, -0.15) is 4.31 Å². The van der Waals surface area contributed by atoms with Crippen molar-refractivity contribution in [3.8, 4) is 0 Å². The van der Waals surface area contributed by atoms with Gasteiger partial charge in [-0.15, -0.1) is 0 Å². The van der Waals surface area contributed by atoms with Gasteiger partial charge in [0.1, 0.15) is 0 Å². The molecule has 30 heavy (non-hydrogen) atoms. The zero-order valence-corrected chi connectivity index (χ0v) is 18.2. The molecule has 0 bridgehead atoms. The summed E-state index contributed by atoms with van der Waals surface area (Å²) in [6.07, 6.45) is 4.51. The molecule has 2 aliphatic rings. The van der Waals surface area contributed by atoms with Crippen molar-refractivity contribution in [3.63, 3.8) is 0 Å². The van der Waals surface area contributed by atoms with E-state index in [1.54, 1.807) is 10.8 Å². The number of anilines is 1. The molecule has 0 N–H and O–H groups in total. The van der Waals surface area contributed by atoms with Crippen LogP contribution in [-0.2, 0) is 21.4 Å². The van der Waals surface area contributed by atoms with Crippen molar-refractivity contribution >= 4 is 21.6 Å². The number of piperazine rings is 1. The van der Waals surface area contributed by atoms with E-state index in [0.717, 1.165) is 19.5 Å². The van der Waals surface area contributed by atoms with Crippen molar-refractivity contribution in [3.05, 3.63) is 42.9 Å². The molecule has 0 aliphatic carbocycles. The van der Waals surface area contributed by atoms with E-state index in [9.17, 15) is 13.2 Å². The quantitative estimate of drug-likeness (QED) is 0.719. The first-order valence-corrected chi connectivity index (χ1v) is 12.0. The van der Waals surface area contributed by atoms with Crippen molar-refractivity contribution < 1.29 is 13.2 Å². The zero-order valence-electron chi connectivity index (χ0n) is 17.4. The largest absolute Gasteiger partial charge is 0.368 e. The monoisotopic (exact) mass is 431 g/mol. The van der Waals surface area contributed by atoms with Crippen molar-refractivity contribution in [1.82, 2.24) is 18.8 Å². The number of carbonyl (C=O) groups is 1. The van der Waals surface area contributed by atoms with E-state index in [0.29, 0.717) is 32.6 Å². The molecule has 1 aromatic heterocycles. The maximum atomic E-state index is 13.1. The molecule has 4 rings (SSSR count). The van der Waals surface area contributed by atoms with Crippen molar-refractivity contribution in [2.75, 3.05) is 44.2 Å². The van der Waals surface area contributed by atoms with Crippen LogP contribution in [0.4, 0.5) is 5.69 Å². The second-order valence-electron chi connectivity index (χ2n) is 7.89. The molecule has 3 heterocycles. The summed E-state index contributed by atoms with van der Waals surface area (Å²) in [6.45, 7) is 6.18. The number of benzene rings is 1. The number of hydrogen-bond acceptors (Lipinski definition) is 5. The molecule has 0 radical (unpaired) electrons. The van der Waals surface area contributed by atoms with Crippen molar-refractivity contribution in [2.45, 2.75) is 31.3 Å². The maximum absolute atomic E-state index is 13.1. The molecule has 0 spiro atoms. The number of hydrogen-bond donors (Lipinski definition) is 0. The van der Waals surface area contributed by atoms with Gasteiger partial charge >= 0.3 is 0 Å². The molecule has 2 aromatic rings. The summed E-state index contributed by atoms with van der Waals surface area (Å²) in [5.74, 6) is -0.216. The molecule has 0 saturated carbocycles. The number of carbonyl (C=O) groups excluding carboxylic acids is 1. The van der Waals surface area contributed by atoms with Crippen LogP contribution in [0.5, 0.6) is 0 Å². The first kappa shape index (κ1) is 20.9. The third kappa shape index (κ3) is 4.22. The zero-order chi connectivity index (χ0) is 21.1. The van der Waals surface area contributed by atoms with Gasteiger partial charge in [-0.1, -0.05) is 18.2 Å². The number of piperidine rings is 1. The highest BCUT2D eigenvalue weighted by Crippen LogP contribution is 2.25. The number of imidazole rings is 1.